The van der Waals surface area contributed by atoms with Crippen LogP contribution in [0, 0.1) is 17.2 Å². The van der Waals surface area contributed by atoms with E-state index in [2.05, 4.69) is 4.98 Å². The summed E-state index contributed by atoms with van der Waals surface area (Å²) in [6.07, 6.45) is -0.427. The van der Waals surface area contributed by atoms with Crippen molar-refractivity contribution in [3.63, 3.8) is 0 Å². The first-order valence-electron chi connectivity index (χ1n) is 8.10. The van der Waals surface area contributed by atoms with Crippen LogP contribution >= 0.6 is 0 Å². The van der Waals surface area contributed by atoms with E-state index in [1.54, 1.807) is 6.07 Å². The fourth-order valence-electron chi connectivity index (χ4n) is 2.57. The van der Waals surface area contributed by atoms with Crippen molar-refractivity contribution in [1.82, 2.24) is 9.55 Å². The second-order valence-corrected chi connectivity index (χ2v) is 6.47. The maximum atomic E-state index is 12.0. The molecule has 146 valence electrons. The summed E-state index contributed by atoms with van der Waals surface area (Å²) in [7, 11) is 0. The molecule has 11 heteroatoms. The van der Waals surface area contributed by atoms with Gasteiger partial charge < -0.3 is 31.2 Å². The second-order valence-electron chi connectivity index (χ2n) is 6.47. The van der Waals surface area contributed by atoms with Gasteiger partial charge >= 0.3 is 17.4 Å². The highest BCUT2D eigenvalue weighted by molar-refractivity contribution is 5.75. The van der Waals surface area contributed by atoms with Crippen LogP contribution < -0.4 is 17.2 Å². The Balaban J connectivity index is 2.21. The number of ether oxygens (including phenoxy) is 2. The molecule has 0 radical (unpaired) electrons. The van der Waals surface area contributed by atoms with E-state index in [1.165, 1.54) is 6.07 Å². The standard InChI is InChI=1S/C16H21N5O6/c1-8(2)5-9(18)14(24)26-6-10-12(22)13(23)16(7-17,27-10)21-4-3-11(19)20-15(21)25/h3-4,8-9,13,22-23H,5-6,18H2,1-2H3,(H2,19,20,25)/t9-,13?,16+/m0/s1. The van der Waals surface area contributed by atoms with Gasteiger partial charge in [-0.05, 0) is 18.4 Å². The van der Waals surface area contributed by atoms with E-state index in [-0.39, 0.29) is 17.5 Å². The summed E-state index contributed by atoms with van der Waals surface area (Å²) in [6, 6.07) is 1.99. The van der Waals surface area contributed by atoms with Crippen molar-refractivity contribution in [2.75, 3.05) is 12.3 Å². The largest absolute Gasteiger partial charge is 0.506 e. The molecule has 0 amide bonds. The van der Waals surface area contributed by atoms with Gasteiger partial charge in [0.25, 0.3) is 0 Å². The minimum atomic E-state index is -2.32. The highest BCUT2D eigenvalue weighted by atomic mass is 16.6. The van der Waals surface area contributed by atoms with Gasteiger partial charge in [-0.2, -0.15) is 10.2 Å². The van der Waals surface area contributed by atoms with E-state index in [1.807, 2.05) is 13.8 Å². The van der Waals surface area contributed by atoms with Crippen molar-refractivity contribution in [2.45, 2.75) is 38.1 Å². The summed E-state index contributed by atoms with van der Waals surface area (Å²) >= 11 is 0. The van der Waals surface area contributed by atoms with Crippen LogP contribution in [0.5, 0.6) is 0 Å². The van der Waals surface area contributed by atoms with Crippen LogP contribution in [0.4, 0.5) is 5.82 Å². The Labute approximate surface area is 154 Å². The molecule has 1 aromatic heterocycles. The van der Waals surface area contributed by atoms with Crippen LogP contribution in [-0.4, -0.2) is 44.5 Å². The number of nitrogen functional groups attached to an aromatic ring is 1. The Bertz CT molecular complexity index is 858. The van der Waals surface area contributed by atoms with Crippen molar-refractivity contribution in [2.24, 2.45) is 11.7 Å². The Morgan fingerprint density at radius 2 is 2.26 bits per heavy atom. The van der Waals surface area contributed by atoms with Gasteiger partial charge in [0, 0.05) is 6.20 Å². The number of nitrogens with zero attached hydrogens (tertiary/aromatic N) is 3. The number of carbonyl (C=O) groups is 1. The van der Waals surface area contributed by atoms with E-state index in [0.717, 1.165) is 6.20 Å². The Hall–Kier alpha value is -3.10. The number of nitriles is 1. The van der Waals surface area contributed by atoms with Gasteiger partial charge in [0.05, 0.1) is 0 Å². The van der Waals surface area contributed by atoms with Gasteiger partial charge in [-0.1, -0.05) is 13.8 Å². The summed E-state index contributed by atoms with van der Waals surface area (Å²) < 4.78 is 11.0. The molecule has 0 spiro atoms. The Kier molecular flexibility index (Phi) is 5.72. The normalized spacial score (nSPS) is 23.0. The molecule has 0 fully saturated rings. The lowest BCUT2D eigenvalue weighted by Crippen LogP contribution is -2.48. The summed E-state index contributed by atoms with van der Waals surface area (Å²) in [5.41, 5.74) is 7.82. The van der Waals surface area contributed by atoms with Gasteiger partial charge in [-0.25, -0.2) is 9.36 Å². The highest BCUT2D eigenvalue weighted by Crippen LogP contribution is 2.36. The van der Waals surface area contributed by atoms with E-state index in [0.29, 0.717) is 11.0 Å². The average molecular weight is 379 g/mol. The molecular weight excluding hydrogens is 358 g/mol. The SMILES string of the molecule is CC(C)C[C@H](N)C(=O)OCC1=C(O)C(O)[C@](C#N)(n2ccc(N)nc2=O)O1. The maximum absolute atomic E-state index is 12.0. The van der Waals surface area contributed by atoms with E-state index in [9.17, 15) is 25.1 Å². The third-order valence-electron chi connectivity index (χ3n) is 3.91. The first-order chi connectivity index (χ1) is 12.6. The van der Waals surface area contributed by atoms with Crippen molar-refractivity contribution in [3.05, 3.63) is 34.3 Å². The maximum Gasteiger partial charge on any atom is 0.353 e. The molecule has 0 bridgehead atoms. The molecule has 11 nitrogen and oxygen atoms in total. The molecule has 27 heavy (non-hydrogen) atoms. The smallest absolute Gasteiger partial charge is 0.353 e. The van der Waals surface area contributed by atoms with Gasteiger partial charge in [0.15, 0.2) is 24.2 Å². The van der Waals surface area contributed by atoms with Crippen LogP contribution in [0.1, 0.15) is 20.3 Å². The van der Waals surface area contributed by atoms with Crippen LogP contribution in [0.2, 0.25) is 0 Å². The van der Waals surface area contributed by atoms with E-state index in [4.69, 9.17) is 20.9 Å². The van der Waals surface area contributed by atoms with Crippen molar-refractivity contribution in [3.8, 4) is 6.07 Å². The number of anilines is 1. The zero-order valence-corrected chi connectivity index (χ0v) is 14.8. The van der Waals surface area contributed by atoms with Crippen molar-refractivity contribution < 1.29 is 24.5 Å². The fraction of sp³-hybridized carbons (Fsp3) is 0.500. The molecule has 2 rings (SSSR count). The number of aliphatic hydroxyl groups excluding tert-OH is 2. The summed E-state index contributed by atoms with van der Waals surface area (Å²) in [4.78, 5) is 27.4. The van der Waals surface area contributed by atoms with Crippen molar-refractivity contribution in [1.29, 1.82) is 5.26 Å². The monoisotopic (exact) mass is 379 g/mol. The molecular formula is C16H21N5O6. The number of hydrogen-bond donors (Lipinski definition) is 4. The van der Waals surface area contributed by atoms with Gasteiger partial charge in [0.1, 0.15) is 17.9 Å². The molecule has 0 aromatic carbocycles. The van der Waals surface area contributed by atoms with Crippen molar-refractivity contribution >= 4 is 11.8 Å². The summed E-state index contributed by atoms with van der Waals surface area (Å²) in [6.45, 7) is 3.20. The van der Waals surface area contributed by atoms with Gasteiger partial charge in [-0.15, -0.1) is 0 Å². The summed E-state index contributed by atoms with van der Waals surface area (Å²) in [5.74, 6) is -1.78. The zero-order chi connectivity index (χ0) is 20.4. The molecule has 6 N–H and O–H groups in total. The fourth-order valence-corrected chi connectivity index (χ4v) is 2.57. The molecule has 1 aliphatic heterocycles. The molecule has 0 saturated heterocycles. The third kappa shape index (κ3) is 3.86. The number of hydrogen-bond acceptors (Lipinski definition) is 10. The average Bonchev–Trinajstić information content (AvgIpc) is 2.84. The van der Waals surface area contributed by atoms with E-state index >= 15 is 0 Å². The van der Waals surface area contributed by atoms with Gasteiger partial charge in [-0.3, -0.25) is 4.79 Å². The molecule has 1 unspecified atom stereocenters. The Morgan fingerprint density at radius 1 is 1.59 bits per heavy atom. The van der Waals surface area contributed by atoms with Crippen LogP contribution in [0.15, 0.2) is 28.6 Å². The number of aliphatic hydroxyl groups is 2. The molecule has 1 aliphatic rings. The number of carbonyl (C=O) groups excluding carboxylic acids is 1. The quantitative estimate of drug-likeness (QED) is 0.450. The van der Waals surface area contributed by atoms with Crippen LogP contribution in [-0.2, 0) is 20.0 Å². The second kappa shape index (κ2) is 7.65. The Morgan fingerprint density at radius 3 is 2.81 bits per heavy atom. The zero-order valence-electron chi connectivity index (χ0n) is 14.8. The molecule has 1 aromatic rings. The molecule has 0 aliphatic carbocycles. The highest BCUT2D eigenvalue weighted by Gasteiger charge is 2.53. The number of rotatable bonds is 6. The minimum absolute atomic E-state index is 0.0951. The van der Waals surface area contributed by atoms with Crippen LogP contribution in [0.25, 0.3) is 0 Å². The first kappa shape index (κ1) is 20.2. The summed E-state index contributed by atoms with van der Waals surface area (Å²) in [5, 5.41) is 29.9. The predicted molar refractivity (Wildman–Crippen MR) is 91.6 cm³/mol. The lowest BCUT2D eigenvalue weighted by atomic mass is 10.1. The van der Waals surface area contributed by atoms with Crippen LogP contribution in [0.3, 0.4) is 0 Å². The number of nitrogens with two attached hydrogens (primary N) is 2. The topological polar surface area (TPSA) is 187 Å². The minimum Gasteiger partial charge on any atom is -0.506 e. The third-order valence-corrected chi connectivity index (χ3v) is 3.91. The number of aromatic nitrogens is 2. The first-order valence-corrected chi connectivity index (χ1v) is 8.10. The molecule has 2 heterocycles. The lowest BCUT2D eigenvalue weighted by Gasteiger charge is -2.26. The van der Waals surface area contributed by atoms with E-state index < -0.39 is 41.9 Å². The molecule has 0 saturated carbocycles. The van der Waals surface area contributed by atoms with Gasteiger partial charge in [0.2, 0.25) is 0 Å². The molecule has 3 atom stereocenters. The lowest BCUT2D eigenvalue weighted by molar-refractivity contribution is -0.147. The predicted octanol–water partition coefficient (Wildman–Crippen LogP) is -0.921. The number of esters is 1.